The van der Waals surface area contributed by atoms with E-state index in [1.807, 2.05) is 32.0 Å². The van der Waals surface area contributed by atoms with Gasteiger partial charge in [-0.3, -0.25) is 4.79 Å². The molecule has 26 heavy (non-hydrogen) atoms. The van der Waals surface area contributed by atoms with Crippen LogP contribution in [0.3, 0.4) is 0 Å². The molecule has 2 aliphatic heterocycles. The molecule has 1 atom stereocenters. The molecule has 0 saturated carbocycles. The molecule has 6 nitrogen and oxygen atoms in total. The molecule has 0 spiro atoms. The van der Waals surface area contributed by atoms with E-state index in [1.165, 1.54) is 0 Å². The average molecular weight is 350 g/mol. The highest BCUT2D eigenvalue weighted by Crippen LogP contribution is 2.35. The van der Waals surface area contributed by atoms with E-state index >= 15 is 0 Å². The number of aliphatic imine (C=N–C) groups is 2. The molecule has 2 aromatic rings. The second-order valence-corrected chi connectivity index (χ2v) is 6.23. The number of para-hydroxylation sites is 2. The van der Waals surface area contributed by atoms with Gasteiger partial charge in [-0.1, -0.05) is 24.3 Å². The number of amidine groups is 1. The Balaban J connectivity index is 1.75. The maximum absolute atomic E-state index is 12.6. The fourth-order valence-electron chi connectivity index (χ4n) is 3.20. The summed E-state index contributed by atoms with van der Waals surface area (Å²) in [5, 5.41) is 10.4. The van der Waals surface area contributed by atoms with Crippen LogP contribution in [0.25, 0.3) is 0 Å². The first-order valence-corrected chi connectivity index (χ1v) is 8.51. The molecule has 2 aliphatic rings. The zero-order chi connectivity index (χ0) is 18.3. The number of fused-ring (bicyclic) bond motifs is 2. The van der Waals surface area contributed by atoms with Crippen LogP contribution in [0, 0.1) is 12.8 Å². The topological polar surface area (TPSA) is 80.5 Å². The summed E-state index contributed by atoms with van der Waals surface area (Å²) in [6.07, 6.45) is 0.510. The van der Waals surface area contributed by atoms with Gasteiger partial charge in [0, 0.05) is 0 Å². The minimum atomic E-state index is -0.523. The summed E-state index contributed by atoms with van der Waals surface area (Å²) in [5.74, 6) is 0.595. The quantitative estimate of drug-likeness (QED) is 0.923. The van der Waals surface area contributed by atoms with Crippen LogP contribution >= 0.6 is 0 Å². The van der Waals surface area contributed by atoms with E-state index in [0.717, 1.165) is 16.9 Å². The minimum Gasteiger partial charge on any atom is -0.504 e. The van der Waals surface area contributed by atoms with Crippen molar-refractivity contribution in [3.8, 4) is 17.2 Å². The highest BCUT2D eigenvalue weighted by molar-refractivity contribution is 6.20. The smallest absolute Gasteiger partial charge is 0.260 e. The Bertz CT molecular complexity index is 962. The van der Waals surface area contributed by atoms with Crippen molar-refractivity contribution in [2.24, 2.45) is 15.9 Å². The highest BCUT2D eigenvalue weighted by Gasteiger charge is 2.36. The normalized spacial score (nSPS) is 18.2. The number of hydrogen-bond donors (Lipinski definition) is 1. The van der Waals surface area contributed by atoms with Crippen molar-refractivity contribution in [2.75, 3.05) is 6.61 Å². The first-order valence-electron chi connectivity index (χ1n) is 8.51. The number of benzene rings is 2. The number of phenols is 1. The third-order valence-electron chi connectivity index (χ3n) is 4.49. The molecular weight excluding hydrogens is 332 g/mol. The molecular formula is C20H18N2O4. The van der Waals surface area contributed by atoms with E-state index in [-0.39, 0.29) is 17.5 Å². The van der Waals surface area contributed by atoms with Gasteiger partial charge in [0.25, 0.3) is 5.91 Å². The Morgan fingerprint density at radius 1 is 1.23 bits per heavy atom. The van der Waals surface area contributed by atoms with Crippen LogP contribution in [0.5, 0.6) is 17.2 Å². The molecule has 6 heteroatoms. The Labute approximate surface area is 150 Å². The highest BCUT2D eigenvalue weighted by atomic mass is 16.5. The number of nitrogens with zero attached hydrogens (tertiary/aromatic N) is 2. The van der Waals surface area contributed by atoms with Crippen LogP contribution in [-0.4, -0.2) is 29.4 Å². The summed E-state index contributed by atoms with van der Waals surface area (Å²) in [6, 6.07) is 10.9. The van der Waals surface area contributed by atoms with Crippen LogP contribution in [-0.2, 0) is 11.2 Å². The number of hydrogen-bond acceptors (Lipinski definition) is 5. The molecule has 0 aliphatic carbocycles. The summed E-state index contributed by atoms with van der Waals surface area (Å²) in [6.45, 7) is 4.20. The largest absolute Gasteiger partial charge is 0.504 e. The van der Waals surface area contributed by atoms with E-state index in [1.54, 1.807) is 18.2 Å². The van der Waals surface area contributed by atoms with Gasteiger partial charge >= 0.3 is 0 Å². The SMILES string of the molecule is CCOc1cccc(C2=NC(=O)C3Cc4cccc(C)c4OC3=N2)c1O. The van der Waals surface area contributed by atoms with E-state index in [0.29, 0.717) is 30.2 Å². The molecule has 0 saturated heterocycles. The summed E-state index contributed by atoms with van der Waals surface area (Å²) in [7, 11) is 0. The first-order chi connectivity index (χ1) is 12.6. The Hall–Kier alpha value is -3.15. The molecule has 0 fully saturated rings. The van der Waals surface area contributed by atoms with Gasteiger partial charge in [-0.25, -0.2) is 0 Å². The number of rotatable bonds is 3. The molecule has 0 aromatic heterocycles. The Morgan fingerprint density at radius 3 is 2.85 bits per heavy atom. The van der Waals surface area contributed by atoms with Crippen molar-refractivity contribution < 1.29 is 19.4 Å². The van der Waals surface area contributed by atoms with Gasteiger partial charge < -0.3 is 14.6 Å². The van der Waals surface area contributed by atoms with Gasteiger partial charge in [0.15, 0.2) is 17.3 Å². The van der Waals surface area contributed by atoms with Gasteiger partial charge in [-0.05, 0) is 43.5 Å². The van der Waals surface area contributed by atoms with Gasteiger partial charge in [0.2, 0.25) is 5.90 Å². The second kappa shape index (κ2) is 6.29. The average Bonchev–Trinajstić information content (AvgIpc) is 2.63. The van der Waals surface area contributed by atoms with Crippen molar-refractivity contribution in [2.45, 2.75) is 20.3 Å². The molecule has 4 rings (SSSR count). The fourth-order valence-corrected chi connectivity index (χ4v) is 3.20. The zero-order valence-electron chi connectivity index (χ0n) is 14.5. The lowest BCUT2D eigenvalue weighted by atomic mass is 9.92. The summed E-state index contributed by atoms with van der Waals surface area (Å²) >= 11 is 0. The van der Waals surface area contributed by atoms with Gasteiger partial charge in [-0.15, -0.1) is 0 Å². The fraction of sp³-hybridized carbons (Fsp3) is 0.250. The Morgan fingerprint density at radius 2 is 2.04 bits per heavy atom. The lowest BCUT2D eigenvalue weighted by molar-refractivity contribution is -0.120. The van der Waals surface area contributed by atoms with Crippen LogP contribution in [0.2, 0.25) is 0 Å². The number of amides is 1. The molecule has 2 heterocycles. The van der Waals surface area contributed by atoms with Crippen LogP contribution in [0.4, 0.5) is 0 Å². The lowest BCUT2D eigenvalue weighted by Gasteiger charge is -2.28. The predicted octanol–water partition coefficient (Wildman–Crippen LogP) is 3.04. The molecule has 1 unspecified atom stereocenters. The van der Waals surface area contributed by atoms with Crippen molar-refractivity contribution in [3.63, 3.8) is 0 Å². The number of carbonyl (C=O) groups excluding carboxylic acids is 1. The molecule has 132 valence electrons. The number of phenolic OH excluding ortho intramolecular Hbond substituents is 1. The third-order valence-corrected chi connectivity index (χ3v) is 4.49. The predicted molar refractivity (Wildman–Crippen MR) is 97.3 cm³/mol. The lowest BCUT2D eigenvalue weighted by Crippen LogP contribution is -2.37. The molecule has 0 radical (unpaired) electrons. The minimum absolute atomic E-state index is 0.0870. The van der Waals surface area contributed by atoms with Crippen molar-refractivity contribution in [3.05, 3.63) is 53.1 Å². The number of ether oxygens (including phenoxy) is 2. The maximum atomic E-state index is 12.6. The van der Waals surface area contributed by atoms with E-state index in [2.05, 4.69) is 9.98 Å². The van der Waals surface area contributed by atoms with Crippen molar-refractivity contribution in [1.29, 1.82) is 0 Å². The monoisotopic (exact) mass is 350 g/mol. The second-order valence-electron chi connectivity index (χ2n) is 6.23. The summed E-state index contributed by atoms with van der Waals surface area (Å²) in [4.78, 5) is 21.1. The molecule has 1 N–H and O–H groups in total. The van der Waals surface area contributed by atoms with Crippen LogP contribution in [0.15, 0.2) is 46.4 Å². The number of carbonyl (C=O) groups is 1. The summed E-state index contributed by atoms with van der Waals surface area (Å²) < 4.78 is 11.3. The molecule has 1 amide bonds. The van der Waals surface area contributed by atoms with Crippen molar-refractivity contribution in [1.82, 2.24) is 0 Å². The van der Waals surface area contributed by atoms with Gasteiger partial charge in [-0.2, -0.15) is 9.98 Å². The Kier molecular flexibility index (Phi) is 3.95. The molecule has 2 aromatic carbocycles. The van der Waals surface area contributed by atoms with Gasteiger partial charge in [0.1, 0.15) is 11.7 Å². The van der Waals surface area contributed by atoms with E-state index in [4.69, 9.17) is 9.47 Å². The number of aromatic hydroxyl groups is 1. The van der Waals surface area contributed by atoms with Crippen LogP contribution < -0.4 is 9.47 Å². The van der Waals surface area contributed by atoms with Crippen LogP contribution in [0.1, 0.15) is 23.6 Å². The zero-order valence-corrected chi connectivity index (χ0v) is 14.5. The van der Waals surface area contributed by atoms with E-state index < -0.39 is 5.92 Å². The standard InChI is InChI=1S/C20H18N2O4/c1-3-25-15-9-5-8-13(16(15)23)18-21-19(24)14-10-12-7-4-6-11(2)17(12)26-20(14)22-18/h4-9,14,23H,3,10H2,1-2H3. The summed E-state index contributed by atoms with van der Waals surface area (Å²) in [5.41, 5.74) is 2.30. The van der Waals surface area contributed by atoms with E-state index in [9.17, 15) is 9.90 Å². The maximum Gasteiger partial charge on any atom is 0.260 e. The first kappa shape index (κ1) is 16.3. The van der Waals surface area contributed by atoms with Crippen molar-refractivity contribution >= 4 is 17.6 Å². The van der Waals surface area contributed by atoms with Gasteiger partial charge in [0.05, 0.1) is 12.2 Å². The molecule has 0 bridgehead atoms. The third kappa shape index (κ3) is 2.63. The number of aryl methyl sites for hydroxylation is 1.